The first-order chi connectivity index (χ1) is 10.0. The van der Waals surface area contributed by atoms with Crippen molar-refractivity contribution >= 4 is 17.5 Å². The molecule has 0 bridgehead atoms. The molecule has 21 heavy (non-hydrogen) atoms. The number of carbonyl (C=O) groups excluding carboxylic acids is 1. The van der Waals surface area contributed by atoms with Gasteiger partial charge in [0.05, 0.1) is 11.1 Å². The molecule has 4 nitrogen and oxygen atoms in total. The second-order valence-electron chi connectivity index (χ2n) is 4.20. The first-order valence-electron chi connectivity index (χ1n) is 6.01. The lowest BCUT2D eigenvalue weighted by Crippen LogP contribution is -2.29. The third kappa shape index (κ3) is 3.53. The smallest absolute Gasteiger partial charge is 0.254 e. The monoisotopic (exact) mass is 312 g/mol. The van der Waals surface area contributed by atoms with Crippen molar-refractivity contribution in [3.63, 3.8) is 0 Å². The molecule has 0 fully saturated rings. The first kappa shape index (κ1) is 15.3. The number of aliphatic hydroxyl groups excluding tert-OH is 1. The van der Waals surface area contributed by atoms with Gasteiger partial charge in [-0.3, -0.25) is 4.79 Å². The average molecular weight is 313 g/mol. The number of pyridine rings is 1. The minimum absolute atomic E-state index is 0.00145. The summed E-state index contributed by atoms with van der Waals surface area (Å²) in [6, 6.07) is 6.21. The lowest BCUT2D eigenvalue weighted by molar-refractivity contribution is 0.0911. The standard InChI is InChI=1S/C14H11ClF2N2O2/c15-13-8(3-2-6-18-13)14(21)19-7-11(20)12-9(16)4-1-5-10(12)17/h1-6,11,20H,7H2,(H,19,21). The Morgan fingerprint density at radius 1 is 1.29 bits per heavy atom. The van der Waals surface area contributed by atoms with Crippen LogP contribution in [-0.2, 0) is 0 Å². The van der Waals surface area contributed by atoms with Crippen LogP contribution in [0, 0.1) is 11.6 Å². The van der Waals surface area contributed by atoms with Crippen molar-refractivity contribution in [2.45, 2.75) is 6.10 Å². The highest BCUT2D eigenvalue weighted by atomic mass is 35.5. The molecule has 2 aromatic rings. The van der Waals surface area contributed by atoms with Gasteiger partial charge in [0.2, 0.25) is 0 Å². The van der Waals surface area contributed by atoms with Crippen molar-refractivity contribution in [2.24, 2.45) is 0 Å². The van der Waals surface area contributed by atoms with Crippen LogP contribution in [0.3, 0.4) is 0 Å². The number of hydrogen-bond acceptors (Lipinski definition) is 3. The van der Waals surface area contributed by atoms with Gasteiger partial charge in [-0.15, -0.1) is 0 Å². The second kappa shape index (κ2) is 6.60. The minimum atomic E-state index is -1.51. The summed E-state index contributed by atoms with van der Waals surface area (Å²) < 4.78 is 26.9. The third-order valence-electron chi connectivity index (χ3n) is 2.79. The number of amides is 1. The number of aliphatic hydroxyl groups is 1. The van der Waals surface area contributed by atoms with E-state index < -0.39 is 29.2 Å². The lowest BCUT2D eigenvalue weighted by Gasteiger charge is -2.14. The highest BCUT2D eigenvalue weighted by Gasteiger charge is 2.19. The average Bonchev–Trinajstić information content (AvgIpc) is 2.45. The molecule has 1 heterocycles. The Labute approximate surface area is 124 Å². The summed E-state index contributed by atoms with van der Waals surface area (Å²) in [5.74, 6) is -2.35. The normalized spacial score (nSPS) is 12.0. The molecule has 0 aliphatic rings. The largest absolute Gasteiger partial charge is 0.386 e. The predicted octanol–water partition coefficient (Wildman–Crippen LogP) is 2.48. The zero-order chi connectivity index (χ0) is 15.4. The molecule has 0 aliphatic heterocycles. The summed E-state index contributed by atoms with van der Waals surface area (Å²) in [6.45, 7) is -0.359. The van der Waals surface area contributed by atoms with Crippen molar-refractivity contribution in [2.75, 3.05) is 6.54 Å². The summed E-state index contributed by atoms with van der Waals surface area (Å²) in [7, 11) is 0. The van der Waals surface area contributed by atoms with Crippen molar-refractivity contribution in [1.29, 1.82) is 0 Å². The van der Waals surface area contributed by atoms with Gasteiger partial charge in [-0.05, 0) is 24.3 Å². The Bertz CT molecular complexity index is 647. The number of nitrogens with one attached hydrogen (secondary N) is 1. The fourth-order valence-electron chi connectivity index (χ4n) is 1.77. The van der Waals surface area contributed by atoms with Gasteiger partial charge >= 0.3 is 0 Å². The Hall–Kier alpha value is -2.05. The van der Waals surface area contributed by atoms with Crippen molar-refractivity contribution in [3.05, 3.63) is 64.4 Å². The highest BCUT2D eigenvalue weighted by molar-refractivity contribution is 6.32. The summed E-state index contributed by atoms with van der Waals surface area (Å²) in [5, 5.41) is 12.2. The van der Waals surface area contributed by atoms with Crippen molar-refractivity contribution in [3.8, 4) is 0 Å². The van der Waals surface area contributed by atoms with E-state index in [0.29, 0.717) is 0 Å². The fourth-order valence-corrected chi connectivity index (χ4v) is 1.98. The number of rotatable bonds is 4. The predicted molar refractivity (Wildman–Crippen MR) is 72.9 cm³/mol. The molecule has 0 radical (unpaired) electrons. The molecule has 2 rings (SSSR count). The maximum atomic E-state index is 13.5. The molecule has 1 unspecified atom stereocenters. The summed E-state index contributed by atoms with van der Waals surface area (Å²) >= 11 is 5.75. The van der Waals surface area contributed by atoms with Crippen LogP contribution in [0.1, 0.15) is 22.0 Å². The molecule has 1 aromatic heterocycles. The maximum absolute atomic E-state index is 13.5. The number of halogens is 3. The number of hydrogen-bond donors (Lipinski definition) is 2. The van der Waals surface area contributed by atoms with E-state index in [4.69, 9.17) is 11.6 Å². The van der Waals surface area contributed by atoms with E-state index in [1.165, 1.54) is 24.4 Å². The van der Waals surface area contributed by atoms with Crippen LogP contribution >= 0.6 is 11.6 Å². The van der Waals surface area contributed by atoms with Gasteiger partial charge < -0.3 is 10.4 Å². The van der Waals surface area contributed by atoms with E-state index in [-0.39, 0.29) is 17.3 Å². The Kier molecular flexibility index (Phi) is 4.82. The molecule has 7 heteroatoms. The number of carbonyl (C=O) groups is 1. The van der Waals surface area contributed by atoms with Gasteiger partial charge in [0.1, 0.15) is 22.9 Å². The lowest BCUT2D eigenvalue weighted by atomic mass is 10.1. The molecule has 0 saturated carbocycles. The van der Waals surface area contributed by atoms with E-state index in [9.17, 15) is 18.7 Å². The van der Waals surface area contributed by atoms with Gasteiger partial charge in [-0.25, -0.2) is 13.8 Å². The van der Waals surface area contributed by atoms with E-state index >= 15 is 0 Å². The van der Waals surface area contributed by atoms with Crippen molar-refractivity contribution < 1.29 is 18.7 Å². The third-order valence-corrected chi connectivity index (χ3v) is 3.09. The number of nitrogens with zero attached hydrogens (tertiary/aromatic N) is 1. The topological polar surface area (TPSA) is 62.2 Å². The van der Waals surface area contributed by atoms with Crippen LogP contribution in [0.4, 0.5) is 8.78 Å². The molecule has 0 saturated heterocycles. The molecule has 1 aromatic carbocycles. The molecule has 110 valence electrons. The van der Waals surface area contributed by atoms with Gasteiger partial charge in [0.25, 0.3) is 5.91 Å². The van der Waals surface area contributed by atoms with Crippen LogP contribution in [-0.4, -0.2) is 22.5 Å². The SMILES string of the molecule is O=C(NCC(O)c1c(F)cccc1F)c1cccnc1Cl. The van der Waals surface area contributed by atoms with Gasteiger partial charge in [-0.1, -0.05) is 17.7 Å². The van der Waals surface area contributed by atoms with Crippen molar-refractivity contribution in [1.82, 2.24) is 10.3 Å². The maximum Gasteiger partial charge on any atom is 0.254 e. The van der Waals surface area contributed by atoms with Crippen LogP contribution in [0.15, 0.2) is 36.5 Å². The van der Waals surface area contributed by atoms with Crippen LogP contribution < -0.4 is 5.32 Å². The zero-order valence-electron chi connectivity index (χ0n) is 10.7. The summed E-state index contributed by atoms with van der Waals surface area (Å²) in [4.78, 5) is 15.6. The molecular formula is C14H11ClF2N2O2. The van der Waals surface area contributed by atoms with Gasteiger partial charge in [0, 0.05) is 12.7 Å². The Balaban J connectivity index is 2.06. The van der Waals surface area contributed by atoms with E-state index in [0.717, 1.165) is 12.1 Å². The molecule has 2 N–H and O–H groups in total. The fraction of sp³-hybridized carbons (Fsp3) is 0.143. The molecule has 1 atom stereocenters. The molecule has 0 aliphatic carbocycles. The molecular weight excluding hydrogens is 302 g/mol. The molecule has 0 spiro atoms. The van der Waals surface area contributed by atoms with E-state index in [1.807, 2.05) is 0 Å². The minimum Gasteiger partial charge on any atom is -0.386 e. The van der Waals surface area contributed by atoms with E-state index in [1.54, 1.807) is 0 Å². The summed E-state index contributed by atoms with van der Waals surface area (Å²) in [6.07, 6.45) is -0.0894. The van der Waals surface area contributed by atoms with E-state index in [2.05, 4.69) is 10.3 Å². The summed E-state index contributed by atoms with van der Waals surface area (Å²) in [5.41, 5.74) is -0.379. The van der Waals surface area contributed by atoms with Crippen LogP contribution in [0.25, 0.3) is 0 Å². The Morgan fingerprint density at radius 2 is 1.95 bits per heavy atom. The highest BCUT2D eigenvalue weighted by Crippen LogP contribution is 2.20. The molecule has 1 amide bonds. The first-order valence-corrected chi connectivity index (χ1v) is 6.39. The number of aromatic nitrogens is 1. The quantitative estimate of drug-likeness (QED) is 0.853. The second-order valence-corrected chi connectivity index (χ2v) is 4.56. The van der Waals surface area contributed by atoms with Gasteiger partial charge in [0.15, 0.2) is 0 Å². The Morgan fingerprint density at radius 3 is 2.57 bits per heavy atom. The zero-order valence-corrected chi connectivity index (χ0v) is 11.4. The van der Waals surface area contributed by atoms with Gasteiger partial charge in [-0.2, -0.15) is 0 Å². The van der Waals surface area contributed by atoms with Crippen LogP contribution in [0.5, 0.6) is 0 Å². The number of benzene rings is 1. The van der Waals surface area contributed by atoms with Crippen LogP contribution in [0.2, 0.25) is 5.15 Å².